The Morgan fingerprint density at radius 1 is 1.27 bits per heavy atom. The fourth-order valence-corrected chi connectivity index (χ4v) is 1.88. The lowest BCUT2D eigenvalue weighted by atomic mass is 10.0. The van der Waals surface area contributed by atoms with E-state index in [4.69, 9.17) is 16.3 Å². The van der Waals surface area contributed by atoms with E-state index in [9.17, 15) is 0 Å². The van der Waals surface area contributed by atoms with Gasteiger partial charge in [-0.2, -0.15) is 0 Å². The molecule has 1 aromatic carbocycles. The van der Waals surface area contributed by atoms with Crippen molar-refractivity contribution in [3.63, 3.8) is 0 Å². The second kappa shape index (κ2) is 5.53. The Labute approximate surface area is 96.4 Å². The molecule has 0 aromatic heterocycles. The van der Waals surface area contributed by atoms with Crippen LogP contribution in [0.2, 0.25) is 0 Å². The van der Waals surface area contributed by atoms with Gasteiger partial charge in [-0.1, -0.05) is 30.3 Å². The molecule has 2 heteroatoms. The number of hydrogen-bond donors (Lipinski definition) is 0. The topological polar surface area (TPSA) is 9.23 Å². The smallest absolute Gasteiger partial charge is 0.0546 e. The first-order valence-electron chi connectivity index (χ1n) is 5.59. The monoisotopic (exact) mass is 224 g/mol. The van der Waals surface area contributed by atoms with Gasteiger partial charge in [0.15, 0.2) is 0 Å². The number of alkyl halides is 1. The highest BCUT2D eigenvalue weighted by atomic mass is 35.5. The maximum Gasteiger partial charge on any atom is 0.0546 e. The molecule has 0 heterocycles. The minimum atomic E-state index is 0.339. The summed E-state index contributed by atoms with van der Waals surface area (Å²) in [5.41, 5.74) is 1.28. The summed E-state index contributed by atoms with van der Waals surface area (Å²) in [5.74, 6) is 1.80. The van der Waals surface area contributed by atoms with Gasteiger partial charge in [0.1, 0.15) is 0 Å². The minimum absolute atomic E-state index is 0.339. The highest BCUT2D eigenvalue weighted by molar-refractivity contribution is 6.18. The van der Waals surface area contributed by atoms with E-state index in [0.717, 1.165) is 19.1 Å². The molecule has 1 aliphatic carbocycles. The summed E-state index contributed by atoms with van der Waals surface area (Å²) in [6.45, 7) is 1.67. The molecule has 1 fully saturated rings. The van der Waals surface area contributed by atoms with Crippen molar-refractivity contribution in [3.05, 3.63) is 35.9 Å². The van der Waals surface area contributed by atoms with Crippen LogP contribution < -0.4 is 0 Å². The SMILES string of the molecule is ClCC(COCC1CC1)c1ccccc1. The zero-order chi connectivity index (χ0) is 10.5. The van der Waals surface area contributed by atoms with Crippen molar-refractivity contribution in [1.82, 2.24) is 0 Å². The summed E-state index contributed by atoms with van der Waals surface area (Å²) in [4.78, 5) is 0. The van der Waals surface area contributed by atoms with Crippen molar-refractivity contribution in [2.45, 2.75) is 18.8 Å². The molecule has 1 nitrogen and oxygen atoms in total. The van der Waals surface area contributed by atoms with E-state index in [2.05, 4.69) is 24.3 Å². The van der Waals surface area contributed by atoms with Gasteiger partial charge in [-0.3, -0.25) is 0 Å². The van der Waals surface area contributed by atoms with Crippen molar-refractivity contribution in [3.8, 4) is 0 Å². The highest BCUT2D eigenvalue weighted by Gasteiger charge is 2.21. The third-order valence-corrected chi connectivity index (χ3v) is 3.20. The van der Waals surface area contributed by atoms with E-state index in [1.165, 1.54) is 18.4 Å². The van der Waals surface area contributed by atoms with E-state index >= 15 is 0 Å². The summed E-state index contributed by atoms with van der Waals surface area (Å²) in [6.07, 6.45) is 2.69. The van der Waals surface area contributed by atoms with Crippen LogP contribution >= 0.6 is 11.6 Å². The van der Waals surface area contributed by atoms with Crippen molar-refractivity contribution in [2.24, 2.45) is 5.92 Å². The van der Waals surface area contributed by atoms with E-state index in [1.54, 1.807) is 0 Å². The average Bonchev–Trinajstić information content (AvgIpc) is 3.10. The molecule has 0 spiro atoms. The predicted molar refractivity (Wildman–Crippen MR) is 63.4 cm³/mol. The number of hydrogen-bond acceptors (Lipinski definition) is 1. The van der Waals surface area contributed by atoms with Crippen LogP contribution in [-0.4, -0.2) is 19.1 Å². The molecule has 0 saturated heterocycles. The maximum absolute atomic E-state index is 5.95. The van der Waals surface area contributed by atoms with E-state index in [0.29, 0.717) is 11.8 Å². The van der Waals surface area contributed by atoms with Crippen molar-refractivity contribution >= 4 is 11.6 Å². The van der Waals surface area contributed by atoms with E-state index in [-0.39, 0.29) is 0 Å². The van der Waals surface area contributed by atoms with Gasteiger partial charge in [0.2, 0.25) is 0 Å². The van der Waals surface area contributed by atoms with Gasteiger partial charge < -0.3 is 4.74 Å². The molecule has 0 aliphatic heterocycles. The normalized spacial score (nSPS) is 17.7. The Balaban J connectivity index is 1.80. The zero-order valence-electron chi connectivity index (χ0n) is 8.86. The average molecular weight is 225 g/mol. The van der Waals surface area contributed by atoms with Gasteiger partial charge in [0, 0.05) is 18.4 Å². The van der Waals surface area contributed by atoms with Gasteiger partial charge in [0.05, 0.1) is 6.61 Å². The molecular weight excluding hydrogens is 208 g/mol. The third kappa shape index (κ3) is 3.51. The first-order chi connectivity index (χ1) is 7.40. The van der Waals surface area contributed by atoms with Crippen LogP contribution in [0.3, 0.4) is 0 Å². The highest BCUT2D eigenvalue weighted by Crippen LogP contribution is 2.29. The molecule has 82 valence electrons. The molecule has 1 aliphatic rings. The van der Waals surface area contributed by atoms with Crippen LogP contribution in [0.1, 0.15) is 24.3 Å². The van der Waals surface area contributed by atoms with Crippen LogP contribution in [0.5, 0.6) is 0 Å². The molecule has 1 saturated carbocycles. The molecule has 0 bridgehead atoms. The Morgan fingerprint density at radius 3 is 2.60 bits per heavy atom. The maximum atomic E-state index is 5.95. The lowest BCUT2D eigenvalue weighted by Gasteiger charge is -2.14. The molecule has 1 aromatic rings. The van der Waals surface area contributed by atoms with Gasteiger partial charge in [0.25, 0.3) is 0 Å². The van der Waals surface area contributed by atoms with Crippen LogP contribution in [0, 0.1) is 5.92 Å². The number of ether oxygens (including phenoxy) is 1. The fraction of sp³-hybridized carbons (Fsp3) is 0.538. The lowest BCUT2D eigenvalue weighted by molar-refractivity contribution is 0.115. The summed E-state index contributed by atoms with van der Waals surface area (Å²) in [6, 6.07) is 10.4. The standard InChI is InChI=1S/C13H17ClO/c14-8-13(10-15-9-11-6-7-11)12-4-2-1-3-5-12/h1-5,11,13H,6-10H2. The van der Waals surface area contributed by atoms with Crippen molar-refractivity contribution in [2.75, 3.05) is 19.1 Å². The van der Waals surface area contributed by atoms with Gasteiger partial charge in [-0.15, -0.1) is 11.6 Å². The van der Waals surface area contributed by atoms with E-state index < -0.39 is 0 Å². The first-order valence-corrected chi connectivity index (χ1v) is 6.12. The van der Waals surface area contributed by atoms with Crippen LogP contribution in [0.4, 0.5) is 0 Å². The summed E-state index contributed by atoms with van der Waals surface area (Å²) in [7, 11) is 0. The molecule has 1 atom stereocenters. The quantitative estimate of drug-likeness (QED) is 0.673. The third-order valence-electron chi connectivity index (χ3n) is 2.83. The molecular formula is C13H17ClO. The number of benzene rings is 1. The minimum Gasteiger partial charge on any atom is -0.380 e. The molecule has 0 radical (unpaired) electrons. The van der Waals surface area contributed by atoms with Gasteiger partial charge >= 0.3 is 0 Å². The van der Waals surface area contributed by atoms with Crippen LogP contribution in [0.25, 0.3) is 0 Å². The number of halogens is 1. The molecule has 15 heavy (non-hydrogen) atoms. The van der Waals surface area contributed by atoms with Crippen LogP contribution in [-0.2, 0) is 4.74 Å². The van der Waals surface area contributed by atoms with Crippen LogP contribution in [0.15, 0.2) is 30.3 Å². The summed E-state index contributed by atoms with van der Waals surface area (Å²) in [5, 5.41) is 0. The predicted octanol–water partition coefficient (Wildman–Crippen LogP) is 3.44. The largest absolute Gasteiger partial charge is 0.380 e. The molecule has 2 rings (SSSR count). The summed E-state index contributed by atoms with van der Waals surface area (Å²) >= 11 is 5.95. The first kappa shape index (κ1) is 11.0. The fourth-order valence-electron chi connectivity index (χ4n) is 1.62. The van der Waals surface area contributed by atoms with E-state index in [1.807, 2.05) is 6.07 Å². The number of rotatable bonds is 6. The van der Waals surface area contributed by atoms with Crippen molar-refractivity contribution < 1.29 is 4.74 Å². The zero-order valence-corrected chi connectivity index (χ0v) is 9.62. The Hall–Kier alpha value is -0.530. The molecule has 1 unspecified atom stereocenters. The Morgan fingerprint density at radius 2 is 2.00 bits per heavy atom. The second-order valence-corrected chi connectivity index (χ2v) is 4.55. The molecule has 0 amide bonds. The summed E-state index contributed by atoms with van der Waals surface area (Å²) < 4.78 is 5.68. The molecule has 0 N–H and O–H groups in total. The lowest BCUT2D eigenvalue weighted by Crippen LogP contribution is -2.10. The Bertz CT molecular complexity index is 282. The second-order valence-electron chi connectivity index (χ2n) is 4.24. The van der Waals surface area contributed by atoms with Gasteiger partial charge in [-0.05, 0) is 24.3 Å². The Kier molecular flexibility index (Phi) is 4.04. The van der Waals surface area contributed by atoms with Gasteiger partial charge in [-0.25, -0.2) is 0 Å². The van der Waals surface area contributed by atoms with Crippen molar-refractivity contribution in [1.29, 1.82) is 0 Å².